The number of piperidine rings is 1. The topological polar surface area (TPSA) is 3.24 Å². The first-order valence-electron chi connectivity index (χ1n) is 6.87. The Morgan fingerprint density at radius 2 is 1.75 bits per heavy atom. The fourth-order valence-electron chi connectivity index (χ4n) is 2.23. The van der Waals surface area contributed by atoms with Gasteiger partial charge in [0.2, 0.25) is 0 Å². The van der Waals surface area contributed by atoms with Crippen molar-refractivity contribution in [3.05, 3.63) is 0 Å². The predicted molar refractivity (Wildman–Crippen MR) is 69.2 cm³/mol. The molecule has 0 amide bonds. The summed E-state index contributed by atoms with van der Waals surface area (Å²) in [6.45, 7) is 9.30. The van der Waals surface area contributed by atoms with Gasteiger partial charge in [0, 0.05) is 17.4 Å². The Morgan fingerprint density at radius 1 is 1.12 bits per heavy atom. The van der Waals surface area contributed by atoms with E-state index in [0.717, 1.165) is 12.5 Å². The highest BCUT2D eigenvalue weighted by molar-refractivity contribution is 5.12. The van der Waals surface area contributed by atoms with Gasteiger partial charge >= 0.3 is 0 Å². The Labute approximate surface area is 101 Å². The third kappa shape index (κ3) is 3.25. The van der Waals surface area contributed by atoms with E-state index in [2.05, 4.69) is 37.5 Å². The van der Waals surface area contributed by atoms with Crippen LogP contribution in [-0.2, 0) is 0 Å². The number of nitrogens with zero attached hydrogens (tertiary/aromatic N) is 1. The minimum atomic E-state index is 0.216. The second-order valence-electron chi connectivity index (χ2n) is 6.05. The van der Waals surface area contributed by atoms with E-state index in [1.54, 1.807) is 0 Å². The Hall–Kier alpha value is -0.480. The second-order valence-corrected chi connectivity index (χ2v) is 6.05. The van der Waals surface area contributed by atoms with Crippen molar-refractivity contribution in [3.8, 4) is 11.8 Å². The zero-order chi connectivity index (χ0) is 11.6. The summed E-state index contributed by atoms with van der Waals surface area (Å²) in [5.41, 5.74) is 0.216. The van der Waals surface area contributed by atoms with Gasteiger partial charge in [-0.25, -0.2) is 0 Å². The molecule has 0 unspecified atom stereocenters. The minimum absolute atomic E-state index is 0.216. The van der Waals surface area contributed by atoms with E-state index >= 15 is 0 Å². The highest BCUT2D eigenvalue weighted by Crippen LogP contribution is 2.30. The predicted octanol–water partition coefficient (Wildman–Crippen LogP) is 3.30. The van der Waals surface area contributed by atoms with Crippen LogP contribution in [0.25, 0.3) is 0 Å². The molecule has 0 spiro atoms. The summed E-state index contributed by atoms with van der Waals surface area (Å²) in [5, 5.41) is 0. The molecule has 0 bridgehead atoms. The van der Waals surface area contributed by atoms with Crippen LogP contribution in [0.3, 0.4) is 0 Å². The van der Waals surface area contributed by atoms with Crippen molar-refractivity contribution >= 4 is 0 Å². The van der Waals surface area contributed by atoms with Crippen LogP contribution in [0.15, 0.2) is 0 Å². The summed E-state index contributed by atoms with van der Waals surface area (Å²) in [6.07, 6.45) is 6.63. The quantitative estimate of drug-likeness (QED) is 0.644. The molecule has 1 saturated carbocycles. The zero-order valence-corrected chi connectivity index (χ0v) is 11.1. The van der Waals surface area contributed by atoms with Crippen molar-refractivity contribution in [3.63, 3.8) is 0 Å². The van der Waals surface area contributed by atoms with Gasteiger partial charge in [0.15, 0.2) is 0 Å². The molecule has 1 aliphatic heterocycles. The number of hydrogen-bond donors (Lipinski definition) is 0. The lowest BCUT2D eigenvalue weighted by Gasteiger charge is -2.29. The molecule has 2 fully saturated rings. The maximum Gasteiger partial charge on any atom is 0.0255 e. The highest BCUT2D eigenvalue weighted by Gasteiger charge is 2.31. The molecular formula is C15H25N. The van der Waals surface area contributed by atoms with E-state index in [0.29, 0.717) is 5.92 Å². The van der Waals surface area contributed by atoms with E-state index in [-0.39, 0.29) is 5.41 Å². The molecule has 1 nitrogen and oxygen atoms in total. The van der Waals surface area contributed by atoms with Crippen LogP contribution in [0.4, 0.5) is 0 Å². The maximum absolute atomic E-state index is 3.52. The largest absolute Gasteiger partial charge is 0.300 e. The molecule has 0 N–H and O–H groups in total. The normalized spacial score (nSPS) is 23.9. The summed E-state index contributed by atoms with van der Waals surface area (Å²) in [4.78, 5) is 2.67. The van der Waals surface area contributed by atoms with Crippen LogP contribution in [0, 0.1) is 23.2 Å². The maximum atomic E-state index is 3.52. The molecule has 0 aromatic heterocycles. The van der Waals surface area contributed by atoms with Crippen molar-refractivity contribution in [1.29, 1.82) is 0 Å². The molecule has 0 aromatic carbocycles. The van der Waals surface area contributed by atoms with Gasteiger partial charge in [0.1, 0.15) is 0 Å². The van der Waals surface area contributed by atoms with Gasteiger partial charge in [-0.05, 0) is 59.0 Å². The molecule has 1 heterocycles. The second kappa shape index (κ2) is 4.80. The Kier molecular flexibility index (Phi) is 3.60. The Balaban J connectivity index is 1.80. The molecule has 1 saturated heterocycles. The molecule has 0 aromatic rings. The SMILES string of the molecule is CCC(C)(C)C#CC1CCN(C2CC2)CC1. The van der Waals surface area contributed by atoms with Gasteiger partial charge in [-0.15, -0.1) is 0 Å². The molecular weight excluding hydrogens is 194 g/mol. The minimum Gasteiger partial charge on any atom is -0.300 e. The summed E-state index contributed by atoms with van der Waals surface area (Å²) in [6, 6.07) is 0.945. The van der Waals surface area contributed by atoms with Crippen LogP contribution >= 0.6 is 0 Å². The average Bonchev–Trinajstić information content (AvgIpc) is 3.11. The number of likely N-dealkylation sites (tertiary alicyclic amines) is 1. The van der Waals surface area contributed by atoms with Crippen molar-refractivity contribution < 1.29 is 0 Å². The van der Waals surface area contributed by atoms with Crippen molar-refractivity contribution in [2.45, 2.75) is 58.9 Å². The van der Waals surface area contributed by atoms with Gasteiger partial charge < -0.3 is 4.90 Å². The van der Waals surface area contributed by atoms with Gasteiger partial charge in [-0.1, -0.05) is 18.8 Å². The van der Waals surface area contributed by atoms with Crippen LogP contribution in [0.1, 0.15) is 52.9 Å². The third-order valence-electron chi connectivity index (χ3n) is 4.09. The standard InChI is InChI=1S/C15H25N/c1-4-15(2,3)10-7-13-8-11-16(12-9-13)14-5-6-14/h13-14H,4-6,8-9,11-12H2,1-3H3. The van der Waals surface area contributed by atoms with Gasteiger partial charge in [-0.3, -0.25) is 0 Å². The van der Waals surface area contributed by atoms with E-state index in [9.17, 15) is 0 Å². The van der Waals surface area contributed by atoms with Crippen LogP contribution in [0.2, 0.25) is 0 Å². The first-order valence-corrected chi connectivity index (χ1v) is 6.87. The third-order valence-corrected chi connectivity index (χ3v) is 4.09. The lowest BCUT2D eigenvalue weighted by Crippen LogP contribution is -2.34. The molecule has 1 aliphatic carbocycles. The fraction of sp³-hybridized carbons (Fsp3) is 0.867. The number of rotatable bonds is 2. The first kappa shape index (κ1) is 12.0. The smallest absolute Gasteiger partial charge is 0.0255 e. The molecule has 0 radical (unpaired) electrons. The lowest BCUT2D eigenvalue weighted by atomic mass is 9.89. The molecule has 2 rings (SSSR count). The molecule has 1 heteroatoms. The highest BCUT2D eigenvalue weighted by atomic mass is 15.2. The van der Waals surface area contributed by atoms with Crippen molar-refractivity contribution in [2.24, 2.45) is 11.3 Å². The van der Waals surface area contributed by atoms with Gasteiger partial charge in [0.25, 0.3) is 0 Å². The summed E-state index contributed by atoms with van der Waals surface area (Å²) in [7, 11) is 0. The number of hydrogen-bond acceptors (Lipinski definition) is 1. The Bertz CT molecular complexity index is 282. The average molecular weight is 219 g/mol. The van der Waals surface area contributed by atoms with Gasteiger partial charge in [-0.2, -0.15) is 0 Å². The first-order chi connectivity index (χ1) is 7.61. The summed E-state index contributed by atoms with van der Waals surface area (Å²) in [5.74, 6) is 7.65. The summed E-state index contributed by atoms with van der Waals surface area (Å²) < 4.78 is 0. The van der Waals surface area contributed by atoms with E-state index < -0.39 is 0 Å². The van der Waals surface area contributed by atoms with E-state index in [1.165, 1.54) is 38.8 Å². The zero-order valence-electron chi connectivity index (χ0n) is 11.1. The Morgan fingerprint density at radius 3 is 2.25 bits per heavy atom. The monoisotopic (exact) mass is 219 g/mol. The van der Waals surface area contributed by atoms with E-state index in [4.69, 9.17) is 0 Å². The van der Waals surface area contributed by atoms with Gasteiger partial charge in [0.05, 0.1) is 0 Å². The van der Waals surface area contributed by atoms with Crippen molar-refractivity contribution in [1.82, 2.24) is 4.90 Å². The molecule has 16 heavy (non-hydrogen) atoms. The molecule has 90 valence electrons. The molecule has 0 atom stereocenters. The summed E-state index contributed by atoms with van der Waals surface area (Å²) >= 11 is 0. The molecule has 2 aliphatic rings. The fourth-order valence-corrected chi connectivity index (χ4v) is 2.23. The van der Waals surface area contributed by atoms with E-state index in [1.807, 2.05) is 0 Å². The van der Waals surface area contributed by atoms with Crippen LogP contribution in [-0.4, -0.2) is 24.0 Å². The van der Waals surface area contributed by atoms with Crippen molar-refractivity contribution in [2.75, 3.05) is 13.1 Å². The van der Waals surface area contributed by atoms with Crippen LogP contribution in [0.5, 0.6) is 0 Å². The lowest BCUT2D eigenvalue weighted by molar-refractivity contribution is 0.197. The van der Waals surface area contributed by atoms with Crippen LogP contribution < -0.4 is 0 Å².